The lowest BCUT2D eigenvalue weighted by Crippen LogP contribution is -2.37. The Labute approximate surface area is 383 Å². The van der Waals surface area contributed by atoms with Crippen LogP contribution in [0.1, 0.15) is 187 Å². The van der Waals surface area contributed by atoms with E-state index in [2.05, 4.69) is 26.0 Å². The van der Waals surface area contributed by atoms with E-state index in [1.54, 1.807) is 6.08 Å². The molecule has 0 heterocycles. The number of allylic oxidation sites excluding steroid dienone is 4. The molecule has 368 valence electrons. The highest BCUT2D eigenvalue weighted by Crippen LogP contribution is 2.43. The molecule has 1 rings (SSSR count). The number of esters is 2. The van der Waals surface area contributed by atoms with Crippen LogP contribution in [0.5, 0.6) is 0 Å². The minimum Gasteiger partial charge on any atom is -0.462 e. The monoisotopic (exact) mass is 915 g/mol. The first-order chi connectivity index (χ1) is 30.2. The number of quaternary nitrogens is 1. The lowest BCUT2D eigenvalue weighted by molar-refractivity contribution is -0.870. The molecule has 1 fully saturated rings. The summed E-state index contributed by atoms with van der Waals surface area (Å²) in [5, 5.41) is 31.4. The third-order valence-corrected chi connectivity index (χ3v) is 12.7. The van der Waals surface area contributed by atoms with Crippen molar-refractivity contribution in [2.75, 3.05) is 47.5 Å². The Morgan fingerprint density at radius 3 is 1.84 bits per heavy atom. The molecular formula is C50H93NO11P+. The summed E-state index contributed by atoms with van der Waals surface area (Å²) in [6.07, 6.45) is 35.7. The number of likely N-dealkylation sites (N-methyl/N-ethyl adjacent to an activating group) is 1. The van der Waals surface area contributed by atoms with Crippen LogP contribution in [0, 0.1) is 11.8 Å². The van der Waals surface area contributed by atoms with Crippen LogP contribution in [0.2, 0.25) is 0 Å². The summed E-state index contributed by atoms with van der Waals surface area (Å²) in [6.45, 7) is 4.05. The van der Waals surface area contributed by atoms with Gasteiger partial charge in [-0.25, -0.2) is 4.57 Å². The van der Waals surface area contributed by atoms with E-state index in [0.29, 0.717) is 43.1 Å². The number of hydrogen-bond donors (Lipinski definition) is 4. The third-order valence-electron chi connectivity index (χ3n) is 11.7. The van der Waals surface area contributed by atoms with Gasteiger partial charge in [-0.2, -0.15) is 0 Å². The summed E-state index contributed by atoms with van der Waals surface area (Å²) < 4.78 is 34.4. The van der Waals surface area contributed by atoms with Crippen molar-refractivity contribution < 1.29 is 57.4 Å². The van der Waals surface area contributed by atoms with Crippen LogP contribution in [0.4, 0.5) is 0 Å². The first-order valence-electron chi connectivity index (χ1n) is 25.0. The molecule has 13 heteroatoms. The quantitative estimate of drug-likeness (QED) is 0.0151. The molecular weight excluding hydrogens is 822 g/mol. The minimum absolute atomic E-state index is 0.0125. The van der Waals surface area contributed by atoms with Crippen molar-refractivity contribution in [1.82, 2.24) is 0 Å². The number of rotatable bonds is 41. The lowest BCUT2D eigenvalue weighted by Gasteiger charge is -2.24. The fourth-order valence-corrected chi connectivity index (χ4v) is 8.45. The van der Waals surface area contributed by atoms with Crippen LogP contribution in [0.25, 0.3) is 0 Å². The molecule has 0 aliphatic heterocycles. The Morgan fingerprint density at radius 1 is 0.683 bits per heavy atom. The van der Waals surface area contributed by atoms with Gasteiger partial charge in [0.25, 0.3) is 0 Å². The number of unbranched alkanes of at least 4 members (excludes halogenated alkanes) is 18. The third kappa shape index (κ3) is 34.1. The molecule has 0 aromatic heterocycles. The standard InChI is InChI=1S/C50H92NO11P/c1-6-8-10-11-12-13-14-15-16-17-18-19-20-21-22-23-24-25-30-34-49(55)59-41-44(42-61-63(57,58)60-39-38-51(3,4)5)62-50(56)35-31-27-26-29-33-45-46(48(54)40-47(45)53)37-36-43(52)32-28-9-7-2/h15-16,26,29,36-37,43-48,52-54H,6-14,17-25,27-28,30-35,38-42H2,1-5H3/p+1/b16-15-,29-26+,37-36+/t43-,44+,45+,46+,47-,48+/m0/s1. The average molecular weight is 915 g/mol. The number of aliphatic hydroxyl groups is 3. The lowest BCUT2D eigenvalue weighted by atomic mass is 9.89. The molecule has 7 atom stereocenters. The summed E-state index contributed by atoms with van der Waals surface area (Å²) in [4.78, 5) is 35.7. The number of phosphoric ester groups is 1. The summed E-state index contributed by atoms with van der Waals surface area (Å²) >= 11 is 0. The van der Waals surface area contributed by atoms with Gasteiger partial charge in [0.15, 0.2) is 6.10 Å². The van der Waals surface area contributed by atoms with Crippen molar-refractivity contribution in [3.8, 4) is 0 Å². The maximum atomic E-state index is 12.8. The van der Waals surface area contributed by atoms with Crippen molar-refractivity contribution in [2.24, 2.45) is 11.8 Å². The second kappa shape index (κ2) is 37.2. The Morgan fingerprint density at radius 2 is 1.22 bits per heavy atom. The van der Waals surface area contributed by atoms with Crippen molar-refractivity contribution in [3.63, 3.8) is 0 Å². The normalized spacial score (nSPS) is 20.2. The number of carbonyl (C=O) groups is 2. The van der Waals surface area contributed by atoms with E-state index in [-0.39, 0.29) is 44.3 Å². The van der Waals surface area contributed by atoms with Crippen LogP contribution in [-0.4, -0.2) is 109 Å². The van der Waals surface area contributed by atoms with Gasteiger partial charge in [0.05, 0.1) is 46.1 Å². The smallest absolute Gasteiger partial charge is 0.462 e. The van der Waals surface area contributed by atoms with Crippen LogP contribution in [0.15, 0.2) is 36.5 Å². The molecule has 0 saturated heterocycles. The maximum absolute atomic E-state index is 12.8. The zero-order valence-electron chi connectivity index (χ0n) is 40.4. The van der Waals surface area contributed by atoms with Crippen molar-refractivity contribution >= 4 is 19.8 Å². The molecule has 1 unspecified atom stereocenters. The SMILES string of the molecule is CCCCCCCC/C=C\CCCCCCCCCCCC(=O)OC[C@H](COP(=O)(O)OCC[N+](C)(C)C)OC(=O)CCC/C=C/C[C@@H]1[C@@H](/C=C/[C@@H](O)CCCCC)[C@H](O)C[C@@H]1O. The van der Waals surface area contributed by atoms with Crippen LogP contribution >= 0.6 is 7.82 Å². The number of phosphoric acid groups is 1. The number of ether oxygens (including phenoxy) is 2. The van der Waals surface area contributed by atoms with Gasteiger partial charge in [-0.1, -0.05) is 147 Å². The van der Waals surface area contributed by atoms with Gasteiger partial charge in [-0.05, 0) is 63.7 Å². The van der Waals surface area contributed by atoms with Gasteiger partial charge in [-0.15, -0.1) is 0 Å². The number of hydrogen-bond acceptors (Lipinski definition) is 10. The Kier molecular flexibility index (Phi) is 34.9. The Balaban J connectivity index is 2.43. The van der Waals surface area contributed by atoms with E-state index < -0.39 is 50.8 Å². The summed E-state index contributed by atoms with van der Waals surface area (Å²) in [5.74, 6) is -1.41. The number of aliphatic hydroxyl groups excluding tert-OH is 3. The highest BCUT2D eigenvalue weighted by atomic mass is 31.2. The summed E-state index contributed by atoms with van der Waals surface area (Å²) in [5.41, 5.74) is 0. The molecule has 0 aromatic carbocycles. The average Bonchev–Trinajstić information content (AvgIpc) is 3.50. The van der Waals surface area contributed by atoms with E-state index in [0.717, 1.165) is 38.5 Å². The number of carbonyl (C=O) groups excluding carboxylic acids is 2. The summed E-state index contributed by atoms with van der Waals surface area (Å²) in [7, 11) is 1.33. The molecule has 12 nitrogen and oxygen atoms in total. The Bertz CT molecular complexity index is 1290. The predicted octanol–water partition coefficient (Wildman–Crippen LogP) is 10.9. The molecule has 1 saturated carbocycles. The molecule has 0 amide bonds. The van der Waals surface area contributed by atoms with Crippen molar-refractivity contribution in [3.05, 3.63) is 36.5 Å². The van der Waals surface area contributed by atoms with Gasteiger partial charge in [0.1, 0.15) is 19.8 Å². The van der Waals surface area contributed by atoms with E-state index >= 15 is 0 Å². The van der Waals surface area contributed by atoms with Crippen molar-refractivity contribution in [2.45, 2.75) is 212 Å². The highest BCUT2D eigenvalue weighted by Gasteiger charge is 2.39. The van der Waals surface area contributed by atoms with Crippen LogP contribution in [-0.2, 0) is 32.7 Å². The van der Waals surface area contributed by atoms with Gasteiger partial charge < -0.3 is 34.2 Å². The van der Waals surface area contributed by atoms with Gasteiger partial charge in [-0.3, -0.25) is 18.6 Å². The highest BCUT2D eigenvalue weighted by molar-refractivity contribution is 7.47. The molecule has 63 heavy (non-hydrogen) atoms. The van der Waals surface area contributed by atoms with Crippen molar-refractivity contribution in [1.29, 1.82) is 0 Å². The summed E-state index contributed by atoms with van der Waals surface area (Å²) in [6, 6.07) is 0. The fraction of sp³-hybridized carbons (Fsp3) is 0.840. The number of nitrogens with zero attached hydrogens (tertiary/aromatic N) is 1. The largest absolute Gasteiger partial charge is 0.472 e. The first-order valence-corrected chi connectivity index (χ1v) is 26.5. The van der Waals surface area contributed by atoms with Gasteiger partial charge in [0.2, 0.25) is 0 Å². The maximum Gasteiger partial charge on any atom is 0.472 e. The topological polar surface area (TPSA) is 169 Å². The second-order valence-corrected chi connectivity index (χ2v) is 20.3. The minimum atomic E-state index is -4.45. The van der Waals surface area contributed by atoms with Crippen LogP contribution in [0.3, 0.4) is 0 Å². The second-order valence-electron chi connectivity index (χ2n) is 18.8. The van der Waals surface area contributed by atoms with Gasteiger partial charge in [0, 0.05) is 25.2 Å². The van der Waals surface area contributed by atoms with E-state index in [4.69, 9.17) is 18.5 Å². The zero-order chi connectivity index (χ0) is 46.6. The molecule has 1 aliphatic carbocycles. The molecule has 1 aliphatic rings. The zero-order valence-corrected chi connectivity index (χ0v) is 41.3. The predicted molar refractivity (Wildman–Crippen MR) is 254 cm³/mol. The van der Waals surface area contributed by atoms with E-state index in [1.165, 1.54) is 83.5 Å². The molecule has 0 radical (unpaired) electrons. The molecule has 0 aromatic rings. The Hall–Kier alpha value is -1.89. The molecule has 4 N–H and O–H groups in total. The first kappa shape index (κ1) is 59.1. The molecule has 0 spiro atoms. The van der Waals surface area contributed by atoms with E-state index in [9.17, 15) is 34.4 Å². The molecule has 0 bridgehead atoms. The fourth-order valence-electron chi connectivity index (χ4n) is 7.71. The van der Waals surface area contributed by atoms with E-state index in [1.807, 2.05) is 39.4 Å². The van der Waals surface area contributed by atoms with Crippen LogP contribution < -0.4 is 0 Å². The van der Waals surface area contributed by atoms with Gasteiger partial charge >= 0.3 is 19.8 Å².